The van der Waals surface area contributed by atoms with Crippen LogP contribution in [0.25, 0.3) is 0 Å². The molecule has 0 bridgehead atoms. The normalized spacial score (nSPS) is 18.6. The molecular formula is C24H42O3Si2. The monoisotopic (exact) mass is 434 g/mol. The molecule has 0 radical (unpaired) electrons. The Morgan fingerprint density at radius 2 is 1.62 bits per heavy atom. The highest BCUT2D eigenvalue weighted by Gasteiger charge is 2.50. The van der Waals surface area contributed by atoms with Crippen molar-refractivity contribution in [2.24, 2.45) is 5.92 Å². The minimum Gasteiger partial charge on any atom is -0.481 e. The van der Waals surface area contributed by atoms with Crippen molar-refractivity contribution in [3.63, 3.8) is 0 Å². The topological polar surface area (TPSA) is 46.5 Å². The van der Waals surface area contributed by atoms with Gasteiger partial charge in [-0.3, -0.25) is 4.79 Å². The van der Waals surface area contributed by atoms with E-state index in [2.05, 4.69) is 79.0 Å². The fourth-order valence-electron chi connectivity index (χ4n) is 3.79. The van der Waals surface area contributed by atoms with Crippen LogP contribution in [0.15, 0.2) is 41.6 Å². The summed E-state index contributed by atoms with van der Waals surface area (Å²) in [6, 6.07) is 10.3. The number of rotatable bonds is 9. The van der Waals surface area contributed by atoms with E-state index in [-0.39, 0.29) is 11.0 Å². The summed E-state index contributed by atoms with van der Waals surface area (Å²) in [4.78, 5) is 12.3. The number of hydrogen-bond acceptors (Lipinski definition) is 2. The number of aliphatic carboxylic acids is 1. The number of hydrogen-bond donors (Lipinski definition) is 1. The minimum absolute atomic E-state index is 0.0186. The van der Waals surface area contributed by atoms with Gasteiger partial charge in [-0.1, -0.05) is 102 Å². The molecule has 3 atom stereocenters. The number of carboxylic acids is 1. The van der Waals surface area contributed by atoms with Gasteiger partial charge < -0.3 is 9.84 Å². The highest BCUT2D eigenvalue weighted by atomic mass is 28.3. The summed E-state index contributed by atoms with van der Waals surface area (Å²) >= 11 is 0. The van der Waals surface area contributed by atoms with Crippen LogP contribution in [-0.2, 0) is 16.1 Å². The summed E-state index contributed by atoms with van der Waals surface area (Å²) in [6.07, 6.45) is 2.99. The van der Waals surface area contributed by atoms with Crippen LogP contribution in [0.1, 0.15) is 47.1 Å². The van der Waals surface area contributed by atoms with Gasteiger partial charge in [0.2, 0.25) is 0 Å². The predicted molar refractivity (Wildman–Crippen MR) is 130 cm³/mol. The molecule has 1 rings (SSSR count). The van der Waals surface area contributed by atoms with E-state index in [0.29, 0.717) is 6.61 Å². The average molecular weight is 435 g/mol. The van der Waals surface area contributed by atoms with Gasteiger partial charge in [0.25, 0.3) is 0 Å². The summed E-state index contributed by atoms with van der Waals surface area (Å²) in [7, 11) is -3.92. The molecule has 29 heavy (non-hydrogen) atoms. The van der Waals surface area contributed by atoms with Crippen LogP contribution in [0.4, 0.5) is 0 Å². The Kier molecular flexibility index (Phi) is 8.31. The van der Waals surface area contributed by atoms with Crippen molar-refractivity contribution in [2.75, 3.05) is 6.23 Å². The molecule has 0 aliphatic carbocycles. The van der Waals surface area contributed by atoms with E-state index in [1.54, 1.807) is 0 Å². The van der Waals surface area contributed by atoms with Crippen molar-refractivity contribution < 1.29 is 14.6 Å². The Hall–Kier alpha value is -1.18. The third kappa shape index (κ3) is 5.71. The lowest BCUT2D eigenvalue weighted by Crippen LogP contribution is -2.49. The summed E-state index contributed by atoms with van der Waals surface area (Å²) < 4.78 is 6.23. The van der Waals surface area contributed by atoms with Gasteiger partial charge in [-0.15, -0.1) is 0 Å². The van der Waals surface area contributed by atoms with Gasteiger partial charge in [-0.2, -0.15) is 0 Å². The molecule has 0 saturated carbocycles. The molecule has 0 saturated heterocycles. The van der Waals surface area contributed by atoms with Crippen molar-refractivity contribution in [1.82, 2.24) is 0 Å². The molecule has 3 nitrogen and oxygen atoms in total. The van der Waals surface area contributed by atoms with Crippen molar-refractivity contribution in [1.29, 1.82) is 0 Å². The Morgan fingerprint density at radius 3 is 2.03 bits per heavy atom. The van der Waals surface area contributed by atoms with Crippen LogP contribution in [-0.4, -0.2) is 33.5 Å². The second kappa shape index (κ2) is 9.31. The molecule has 0 aliphatic rings. The number of carboxylic acid groups (broad SMARTS) is 1. The van der Waals surface area contributed by atoms with E-state index in [9.17, 15) is 9.90 Å². The maximum Gasteiger partial charge on any atom is 0.307 e. The third-order valence-electron chi connectivity index (χ3n) is 7.44. The number of allylic oxidation sites excluding steroid dienone is 2. The Labute approximate surface area is 180 Å². The minimum atomic E-state index is -1.98. The predicted octanol–water partition coefficient (Wildman–Crippen LogP) is 6.93. The highest BCUT2D eigenvalue weighted by Crippen LogP contribution is 2.48. The fourth-order valence-corrected chi connectivity index (χ4v) is 8.86. The molecule has 0 aromatic heterocycles. The lowest BCUT2D eigenvalue weighted by atomic mass is 9.94. The maximum absolute atomic E-state index is 12.3. The largest absolute Gasteiger partial charge is 0.481 e. The molecule has 0 amide bonds. The van der Waals surface area contributed by atoms with Crippen LogP contribution < -0.4 is 0 Å². The van der Waals surface area contributed by atoms with Crippen molar-refractivity contribution in [3.05, 3.63) is 47.2 Å². The molecular weight excluding hydrogens is 392 g/mol. The second-order valence-corrected chi connectivity index (χ2v) is 21.7. The highest BCUT2D eigenvalue weighted by molar-refractivity contribution is 6.87. The van der Waals surface area contributed by atoms with E-state index < -0.39 is 27.2 Å². The van der Waals surface area contributed by atoms with Gasteiger partial charge >= 0.3 is 5.97 Å². The third-order valence-corrected chi connectivity index (χ3v) is 17.2. The quantitative estimate of drug-likeness (QED) is 0.429. The van der Waals surface area contributed by atoms with Crippen LogP contribution in [0.3, 0.4) is 0 Å². The molecule has 5 heteroatoms. The van der Waals surface area contributed by atoms with Crippen LogP contribution >= 0.6 is 0 Å². The standard InChI is InChI=1S/C24H42O3Si2/c1-19(24(6,22(25)26)28(7,8)9)16-20(2)29(10,23(3,4)5)18-27-17-21-14-12-11-13-15-21/h11-16,19H,17-18H2,1-10H3,(H,25,26)/b20-16+/t19-,24+,29+/m0/s1. The van der Waals surface area contributed by atoms with Crippen molar-refractivity contribution in [2.45, 2.75) is 84.4 Å². The maximum atomic E-state index is 12.3. The van der Waals surface area contributed by atoms with E-state index in [1.165, 1.54) is 10.8 Å². The second-order valence-electron chi connectivity index (χ2n) is 11.0. The first-order chi connectivity index (χ1) is 13.1. The zero-order valence-electron chi connectivity index (χ0n) is 20.2. The molecule has 0 spiro atoms. The SMILES string of the molecule is C/C(=C\[C@H](C)[C@](C)(C(=O)O)[Si](C)(C)C)[Si@@](C)(COCc1ccccc1)C(C)(C)C. The van der Waals surface area contributed by atoms with Crippen molar-refractivity contribution in [3.8, 4) is 0 Å². The van der Waals surface area contributed by atoms with Crippen molar-refractivity contribution >= 4 is 22.1 Å². The number of benzene rings is 1. The van der Waals surface area contributed by atoms with E-state index in [0.717, 1.165) is 6.23 Å². The van der Waals surface area contributed by atoms with Gasteiger partial charge in [-0.05, 0) is 23.4 Å². The Bertz CT molecular complexity index is 716. The van der Waals surface area contributed by atoms with Gasteiger partial charge in [0, 0.05) is 6.23 Å². The van der Waals surface area contributed by atoms with Gasteiger partial charge in [-0.25, -0.2) is 0 Å². The molecule has 1 aromatic carbocycles. The van der Waals surface area contributed by atoms with E-state index >= 15 is 0 Å². The number of carbonyl (C=O) groups is 1. The van der Waals surface area contributed by atoms with Gasteiger partial charge in [0.05, 0.1) is 19.7 Å². The lowest BCUT2D eigenvalue weighted by Gasteiger charge is -2.44. The zero-order valence-corrected chi connectivity index (χ0v) is 22.2. The molecule has 0 unspecified atom stereocenters. The zero-order chi connectivity index (χ0) is 22.7. The first-order valence-corrected chi connectivity index (χ1v) is 16.8. The lowest BCUT2D eigenvalue weighted by molar-refractivity contribution is -0.141. The summed E-state index contributed by atoms with van der Waals surface area (Å²) in [6.45, 7) is 22.6. The first kappa shape index (κ1) is 25.9. The molecule has 0 aliphatic heterocycles. The van der Waals surface area contributed by atoms with Crippen LogP contribution in [0.5, 0.6) is 0 Å². The molecule has 1 aromatic rings. The Morgan fingerprint density at radius 1 is 1.10 bits per heavy atom. The van der Waals surface area contributed by atoms with E-state index in [1.807, 2.05) is 25.1 Å². The number of ether oxygens (including phenoxy) is 1. The van der Waals surface area contributed by atoms with Gasteiger partial charge in [0.15, 0.2) is 0 Å². The van der Waals surface area contributed by atoms with E-state index in [4.69, 9.17) is 4.74 Å². The molecule has 1 N–H and O–H groups in total. The molecule has 0 heterocycles. The smallest absolute Gasteiger partial charge is 0.307 e. The molecule has 164 valence electrons. The fraction of sp³-hybridized carbons (Fsp3) is 0.625. The summed E-state index contributed by atoms with van der Waals surface area (Å²) in [5.41, 5.74) is 1.19. The first-order valence-electron chi connectivity index (χ1n) is 10.6. The summed E-state index contributed by atoms with van der Waals surface area (Å²) in [5, 5.41) is 10.8. The van der Waals surface area contributed by atoms with Gasteiger partial charge in [0.1, 0.15) is 8.07 Å². The molecule has 0 fully saturated rings. The van der Waals surface area contributed by atoms with Crippen LogP contribution in [0, 0.1) is 5.92 Å². The summed E-state index contributed by atoms with van der Waals surface area (Å²) in [5.74, 6) is -0.692. The van der Waals surface area contributed by atoms with Crippen LogP contribution in [0.2, 0.25) is 36.3 Å². The average Bonchev–Trinajstić information content (AvgIpc) is 2.59. The Balaban J connectivity index is 3.17.